The Bertz CT molecular complexity index is 564. The maximum absolute atomic E-state index is 12.5. The first-order valence-electron chi connectivity index (χ1n) is 5.51. The molecule has 0 spiro atoms. The first-order valence-corrected chi connectivity index (χ1v) is 5.89. The molecule has 2 nitrogen and oxygen atoms in total. The Morgan fingerprint density at radius 2 is 1.81 bits per heavy atom. The topological polar surface area (TPSA) is 18.5 Å². The highest BCUT2D eigenvalue weighted by molar-refractivity contribution is 6.32. The van der Waals surface area contributed by atoms with Gasteiger partial charge in [0.1, 0.15) is 11.5 Å². The van der Waals surface area contributed by atoms with E-state index in [1.807, 2.05) is 0 Å². The second-order valence-corrected chi connectivity index (χ2v) is 4.57. The van der Waals surface area contributed by atoms with Crippen LogP contribution in [0.3, 0.4) is 0 Å². The van der Waals surface area contributed by atoms with Crippen molar-refractivity contribution in [3.05, 3.63) is 28.8 Å². The van der Waals surface area contributed by atoms with Gasteiger partial charge in [-0.05, 0) is 12.1 Å². The summed E-state index contributed by atoms with van der Waals surface area (Å²) in [5.74, 6) is -0.648. The molecule has 0 fully saturated rings. The fraction of sp³-hybridized carbons (Fsp3) is 0.333. The van der Waals surface area contributed by atoms with Crippen LogP contribution >= 0.6 is 11.6 Å². The van der Waals surface area contributed by atoms with Gasteiger partial charge in [-0.15, -0.1) is 0 Å². The fourth-order valence-electron chi connectivity index (χ4n) is 1.60. The summed E-state index contributed by atoms with van der Waals surface area (Å²) in [5, 5.41) is -0.156. The van der Waals surface area contributed by atoms with E-state index in [1.54, 1.807) is 0 Å². The summed E-state index contributed by atoms with van der Waals surface area (Å²) in [7, 11) is 0. The van der Waals surface area contributed by atoms with E-state index >= 15 is 0 Å². The van der Waals surface area contributed by atoms with Crippen molar-refractivity contribution in [3.8, 4) is 11.5 Å². The summed E-state index contributed by atoms with van der Waals surface area (Å²) < 4.78 is 83.0. The third-order valence-corrected chi connectivity index (χ3v) is 2.78. The van der Waals surface area contributed by atoms with E-state index in [9.17, 15) is 26.3 Å². The number of ether oxygens (including phenoxy) is 2. The molecule has 0 radical (unpaired) electrons. The monoisotopic (exact) mass is 332 g/mol. The molecule has 0 aliphatic carbocycles. The molecule has 1 heterocycles. The van der Waals surface area contributed by atoms with Crippen LogP contribution in [0.5, 0.6) is 11.5 Å². The van der Waals surface area contributed by atoms with E-state index in [0.717, 1.165) is 18.2 Å². The minimum absolute atomic E-state index is 0.156. The highest BCUT2D eigenvalue weighted by atomic mass is 35.5. The molecule has 2 rings (SSSR count). The van der Waals surface area contributed by atoms with E-state index < -0.39 is 30.8 Å². The van der Waals surface area contributed by atoms with Crippen molar-refractivity contribution < 1.29 is 35.8 Å². The Balaban J connectivity index is 2.24. The summed E-state index contributed by atoms with van der Waals surface area (Å²) in [6.45, 7) is -1.61. The fourth-order valence-corrected chi connectivity index (χ4v) is 1.82. The molecule has 0 saturated carbocycles. The summed E-state index contributed by atoms with van der Waals surface area (Å²) >= 11 is 5.71. The Labute approximate surface area is 119 Å². The number of hydrogen-bond donors (Lipinski definition) is 0. The number of benzene rings is 1. The second kappa shape index (κ2) is 5.32. The van der Waals surface area contributed by atoms with Crippen LogP contribution in [-0.2, 0) is 0 Å². The molecule has 116 valence electrons. The lowest BCUT2D eigenvalue weighted by molar-refractivity contribution is -0.180. The van der Waals surface area contributed by atoms with E-state index in [-0.39, 0.29) is 16.3 Å². The van der Waals surface area contributed by atoms with Gasteiger partial charge in [0.25, 0.3) is 0 Å². The zero-order valence-electron chi connectivity index (χ0n) is 10.1. The largest absolute Gasteiger partial charge is 0.482 e. The molecule has 0 aromatic heterocycles. The van der Waals surface area contributed by atoms with Gasteiger partial charge in [-0.3, -0.25) is 0 Å². The van der Waals surface area contributed by atoms with Crippen molar-refractivity contribution in [2.45, 2.75) is 18.5 Å². The van der Waals surface area contributed by atoms with Gasteiger partial charge < -0.3 is 9.47 Å². The lowest BCUT2D eigenvalue weighted by Gasteiger charge is -2.24. The molecule has 21 heavy (non-hydrogen) atoms. The van der Waals surface area contributed by atoms with Crippen LogP contribution in [0.4, 0.5) is 26.3 Å². The molecule has 1 aliphatic heterocycles. The predicted molar refractivity (Wildman–Crippen MR) is 62.5 cm³/mol. The van der Waals surface area contributed by atoms with Crippen molar-refractivity contribution in [2.75, 3.05) is 6.61 Å². The van der Waals surface area contributed by atoms with E-state index in [2.05, 4.69) is 4.74 Å². The van der Waals surface area contributed by atoms with Crippen molar-refractivity contribution >= 4 is 17.7 Å². The summed E-state index contributed by atoms with van der Waals surface area (Å²) in [4.78, 5) is 0. The Morgan fingerprint density at radius 1 is 1.14 bits per heavy atom. The van der Waals surface area contributed by atoms with Crippen molar-refractivity contribution in [3.63, 3.8) is 0 Å². The third-order valence-electron chi connectivity index (χ3n) is 2.48. The molecular formula is C12H7ClF6O2. The summed E-state index contributed by atoms with van der Waals surface area (Å²) in [5.41, 5.74) is 0.222. The number of halogens is 7. The second-order valence-electron chi connectivity index (χ2n) is 4.16. The molecule has 1 unspecified atom stereocenters. The Kier molecular flexibility index (Phi) is 4.01. The zero-order chi connectivity index (χ0) is 15.8. The minimum Gasteiger partial charge on any atom is -0.482 e. The van der Waals surface area contributed by atoms with Crippen LogP contribution in [-0.4, -0.2) is 25.1 Å². The molecule has 0 bridgehead atoms. The predicted octanol–water partition coefficient (Wildman–Crippen LogP) is 4.62. The third kappa shape index (κ3) is 3.96. The zero-order valence-corrected chi connectivity index (χ0v) is 10.8. The molecule has 9 heteroatoms. The molecular weight excluding hydrogens is 326 g/mol. The van der Waals surface area contributed by atoms with Gasteiger partial charge in [0.15, 0.2) is 6.61 Å². The van der Waals surface area contributed by atoms with Gasteiger partial charge >= 0.3 is 12.4 Å². The van der Waals surface area contributed by atoms with E-state index in [4.69, 9.17) is 16.3 Å². The minimum atomic E-state index is -4.62. The number of hydrogen-bond acceptors (Lipinski definition) is 2. The van der Waals surface area contributed by atoms with Crippen molar-refractivity contribution in [1.82, 2.24) is 0 Å². The van der Waals surface area contributed by atoms with E-state index in [0.29, 0.717) is 0 Å². The maximum Gasteiger partial charge on any atom is 0.429 e. The average molecular weight is 333 g/mol. The van der Waals surface area contributed by atoms with Gasteiger partial charge in [-0.25, -0.2) is 0 Å². The molecule has 1 atom stereocenters. The van der Waals surface area contributed by atoms with Gasteiger partial charge in [-0.2, -0.15) is 26.3 Å². The molecule has 0 N–H and O–H groups in total. The van der Waals surface area contributed by atoms with Crippen molar-refractivity contribution in [1.29, 1.82) is 0 Å². The lowest BCUT2D eigenvalue weighted by Crippen LogP contribution is -2.33. The number of rotatable bonds is 2. The average Bonchev–Trinajstić information content (AvgIpc) is 2.33. The maximum atomic E-state index is 12.5. The van der Waals surface area contributed by atoms with Gasteiger partial charge in [0.05, 0.1) is 5.02 Å². The lowest BCUT2D eigenvalue weighted by atomic mass is 10.1. The standard InChI is InChI=1S/C12H7ClF6O2/c13-7-3-6-1-2-10(12(17,18)19)21-8(6)4-9(7)20-5-11(14,15)16/h1-4,10H,5H2. The first-order chi connectivity index (χ1) is 9.56. The highest BCUT2D eigenvalue weighted by Crippen LogP contribution is 2.39. The van der Waals surface area contributed by atoms with Crippen LogP contribution in [0.1, 0.15) is 5.56 Å². The smallest absolute Gasteiger partial charge is 0.429 e. The van der Waals surface area contributed by atoms with Crippen LogP contribution in [0, 0.1) is 0 Å². The quantitative estimate of drug-likeness (QED) is 0.736. The molecule has 1 aromatic rings. The van der Waals surface area contributed by atoms with Gasteiger partial charge in [0, 0.05) is 11.6 Å². The first kappa shape index (κ1) is 15.8. The van der Waals surface area contributed by atoms with Crippen molar-refractivity contribution in [2.24, 2.45) is 0 Å². The number of alkyl halides is 6. The molecule has 1 aliphatic rings. The SMILES string of the molecule is FC(F)(F)COc1cc2c(cc1Cl)C=CC(C(F)(F)F)O2. The molecule has 0 saturated heterocycles. The van der Waals surface area contributed by atoms with Crippen LogP contribution in [0.15, 0.2) is 18.2 Å². The molecule has 0 amide bonds. The molecule has 1 aromatic carbocycles. The van der Waals surface area contributed by atoms with Crippen LogP contribution in [0.2, 0.25) is 5.02 Å². The number of fused-ring (bicyclic) bond motifs is 1. The Hall–Kier alpha value is -1.57. The van der Waals surface area contributed by atoms with Gasteiger partial charge in [-0.1, -0.05) is 17.7 Å². The van der Waals surface area contributed by atoms with Crippen LogP contribution in [0.25, 0.3) is 6.08 Å². The normalized spacial score (nSPS) is 18.1. The van der Waals surface area contributed by atoms with E-state index in [1.165, 1.54) is 6.07 Å². The summed E-state index contributed by atoms with van der Waals surface area (Å²) in [6.07, 6.45) is -9.46. The summed E-state index contributed by atoms with van der Waals surface area (Å²) in [6, 6.07) is 2.08. The highest BCUT2D eigenvalue weighted by Gasteiger charge is 2.41. The van der Waals surface area contributed by atoms with Gasteiger partial charge in [0.2, 0.25) is 6.10 Å². The Morgan fingerprint density at radius 3 is 2.38 bits per heavy atom. The van der Waals surface area contributed by atoms with Crippen LogP contribution < -0.4 is 9.47 Å².